The van der Waals surface area contributed by atoms with Crippen LogP contribution in [0.2, 0.25) is 0 Å². The average Bonchev–Trinajstić information content (AvgIpc) is 2.77. The number of nitrogens with zero attached hydrogens (tertiary/aromatic N) is 1. The minimum Gasteiger partial charge on any atom is -0.467 e. The van der Waals surface area contributed by atoms with Crippen molar-refractivity contribution in [2.75, 3.05) is 20.3 Å². The number of ether oxygens (including phenoxy) is 1. The first-order valence-electron chi connectivity index (χ1n) is 5.05. The largest absolute Gasteiger partial charge is 0.467 e. The highest BCUT2D eigenvalue weighted by Crippen LogP contribution is 2.15. The molecular weight excluding hydrogens is 216 g/mol. The molecule has 7 nitrogen and oxygen atoms in total. The van der Waals surface area contributed by atoms with Crippen LogP contribution in [0, 0.1) is 0 Å². The lowest BCUT2D eigenvalue weighted by Gasteiger charge is -2.31. The molecule has 1 aliphatic heterocycles. The smallest absolute Gasteiger partial charge is 0.409 e. The predicted molar refractivity (Wildman–Crippen MR) is 53.8 cm³/mol. The molecule has 0 aromatic heterocycles. The van der Waals surface area contributed by atoms with Crippen molar-refractivity contribution in [2.45, 2.75) is 25.0 Å². The van der Waals surface area contributed by atoms with E-state index in [9.17, 15) is 9.59 Å². The fourth-order valence-corrected chi connectivity index (χ4v) is 1.80. The molecule has 0 unspecified atom stereocenters. The van der Waals surface area contributed by atoms with Crippen molar-refractivity contribution in [2.24, 2.45) is 0 Å². The lowest BCUT2D eigenvalue weighted by Crippen LogP contribution is -2.55. The van der Waals surface area contributed by atoms with E-state index in [4.69, 9.17) is 10.2 Å². The van der Waals surface area contributed by atoms with E-state index in [-0.39, 0.29) is 0 Å². The summed E-state index contributed by atoms with van der Waals surface area (Å²) in [6, 6.07) is -1.17. The van der Waals surface area contributed by atoms with E-state index >= 15 is 0 Å². The topological polar surface area (TPSA) is 99.1 Å². The van der Waals surface area contributed by atoms with Gasteiger partial charge in [0.05, 0.1) is 19.9 Å². The summed E-state index contributed by atoms with van der Waals surface area (Å²) in [5.41, 5.74) is 0. The van der Waals surface area contributed by atoms with Crippen molar-refractivity contribution in [1.29, 1.82) is 0 Å². The van der Waals surface area contributed by atoms with Gasteiger partial charge in [0.25, 0.3) is 0 Å². The second kappa shape index (κ2) is 5.66. The molecule has 3 N–H and O–H groups in total. The van der Waals surface area contributed by atoms with Crippen LogP contribution < -0.4 is 5.32 Å². The molecule has 0 aromatic rings. The number of esters is 1. The van der Waals surface area contributed by atoms with Crippen molar-refractivity contribution in [1.82, 2.24) is 10.2 Å². The molecule has 2 atom stereocenters. The van der Waals surface area contributed by atoms with Crippen LogP contribution in [0.15, 0.2) is 0 Å². The molecule has 1 fully saturated rings. The number of methoxy groups -OCH3 is 1. The van der Waals surface area contributed by atoms with E-state index < -0.39 is 30.9 Å². The van der Waals surface area contributed by atoms with Gasteiger partial charge in [0.15, 0.2) is 6.04 Å². The van der Waals surface area contributed by atoms with Gasteiger partial charge in [-0.15, -0.1) is 0 Å². The van der Waals surface area contributed by atoms with E-state index in [1.165, 1.54) is 0 Å². The Morgan fingerprint density at radius 1 is 1.62 bits per heavy atom. The van der Waals surface area contributed by atoms with Gasteiger partial charge in [-0.3, -0.25) is 10.2 Å². The fraction of sp³-hybridized carbons (Fsp3) is 0.778. The number of rotatable bonds is 4. The summed E-state index contributed by atoms with van der Waals surface area (Å²) in [6.45, 7) is 0.116. The predicted octanol–water partition coefficient (Wildman–Crippen LogP) is -0.790. The first kappa shape index (κ1) is 12.7. The molecule has 1 amide bonds. The van der Waals surface area contributed by atoms with Crippen molar-refractivity contribution in [3.05, 3.63) is 0 Å². The Balaban J connectivity index is 2.81. The van der Waals surface area contributed by atoms with Crippen LogP contribution in [0.3, 0.4) is 0 Å². The van der Waals surface area contributed by atoms with Gasteiger partial charge in [0.2, 0.25) is 0 Å². The summed E-state index contributed by atoms with van der Waals surface area (Å²) in [4.78, 5) is 23.3. The van der Waals surface area contributed by atoms with Gasteiger partial charge in [-0.25, -0.2) is 9.59 Å². The van der Waals surface area contributed by atoms with Gasteiger partial charge in [-0.1, -0.05) is 0 Å². The Morgan fingerprint density at radius 2 is 2.31 bits per heavy atom. The lowest BCUT2D eigenvalue weighted by molar-refractivity contribution is -0.148. The molecule has 0 bridgehead atoms. The molecule has 92 valence electrons. The molecule has 7 heteroatoms. The number of carboxylic acid groups (broad SMARTS) is 1. The zero-order valence-corrected chi connectivity index (χ0v) is 9.05. The van der Waals surface area contributed by atoms with E-state index in [0.717, 1.165) is 18.4 Å². The minimum atomic E-state index is -1.25. The summed E-state index contributed by atoms with van der Waals surface area (Å²) in [5, 5.41) is 21.1. The quantitative estimate of drug-likeness (QED) is 0.549. The molecule has 0 saturated carbocycles. The van der Waals surface area contributed by atoms with Crippen molar-refractivity contribution >= 4 is 12.1 Å². The highest BCUT2D eigenvalue weighted by Gasteiger charge is 2.36. The monoisotopic (exact) mass is 232 g/mol. The normalized spacial score (nSPS) is 21.5. The summed E-state index contributed by atoms with van der Waals surface area (Å²) < 4.78 is 4.46. The van der Waals surface area contributed by atoms with Crippen molar-refractivity contribution in [3.8, 4) is 0 Å². The maximum Gasteiger partial charge on any atom is 0.409 e. The highest BCUT2D eigenvalue weighted by atomic mass is 16.5. The summed E-state index contributed by atoms with van der Waals surface area (Å²) >= 11 is 0. The molecule has 1 saturated heterocycles. The zero-order valence-electron chi connectivity index (χ0n) is 9.05. The van der Waals surface area contributed by atoms with E-state index in [1.54, 1.807) is 0 Å². The van der Waals surface area contributed by atoms with Crippen LogP contribution >= 0.6 is 0 Å². The van der Waals surface area contributed by atoms with Crippen LogP contribution in [0.5, 0.6) is 0 Å². The van der Waals surface area contributed by atoms with E-state index in [2.05, 4.69) is 10.1 Å². The third-order valence-corrected chi connectivity index (χ3v) is 2.57. The van der Waals surface area contributed by atoms with E-state index in [0.29, 0.717) is 13.0 Å². The molecule has 1 heterocycles. The number of hydrogen-bond donors (Lipinski definition) is 3. The Kier molecular flexibility index (Phi) is 4.51. The number of aliphatic hydroxyl groups excluding tert-OH is 1. The van der Waals surface area contributed by atoms with Crippen LogP contribution in [-0.4, -0.2) is 59.6 Å². The molecule has 1 rings (SSSR count). The number of carbonyl (C=O) groups excluding carboxylic acids is 1. The third kappa shape index (κ3) is 2.61. The second-order valence-electron chi connectivity index (χ2n) is 3.52. The standard InChI is InChI=1S/C9H16N2O5/c1-16-8(13)6(5-12)11(9(14)15)7-3-2-4-10-7/h6-7,10,12H,2-5H2,1H3,(H,14,15)/t6-,7-/m0/s1. The Bertz CT molecular complexity index is 265. The lowest BCUT2D eigenvalue weighted by atomic mass is 10.2. The second-order valence-corrected chi connectivity index (χ2v) is 3.52. The molecule has 0 aliphatic carbocycles. The third-order valence-electron chi connectivity index (χ3n) is 2.57. The number of carbonyl (C=O) groups is 2. The van der Waals surface area contributed by atoms with Gasteiger partial charge >= 0.3 is 12.1 Å². The van der Waals surface area contributed by atoms with Crippen LogP contribution in [-0.2, 0) is 9.53 Å². The fourth-order valence-electron chi connectivity index (χ4n) is 1.80. The average molecular weight is 232 g/mol. The summed E-state index contributed by atoms with van der Waals surface area (Å²) in [7, 11) is 1.16. The molecule has 0 aromatic carbocycles. The molecule has 16 heavy (non-hydrogen) atoms. The van der Waals surface area contributed by atoms with E-state index in [1.807, 2.05) is 0 Å². The van der Waals surface area contributed by atoms with Gasteiger partial charge in [0.1, 0.15) is 0 Å². The number of amides is 1. The van der Waals surface area contributed by atoms with Crippen molar-refractivity contribution in [3.63, 3.8) is 0 Å². The summed E-state index contributed by atoms with van der Waals surface area (Å²) in [5.74, 6) is -0.751. The number of nitrogens with one attached hydrogen (secondary N) is 1. The zero-order chi connectivity index (χ0) is 12.1. The minimum absolute atomic E-state index is 0.436. The Labute approximate surface area is 93.0 Å². The molecule has 0 spiro atoms. The molecule has 0 radical (unpaired) electrons. The maximum absolute atomic E-state index is 11.3. The molecule has 1 aliphatic rings. The summed E-state index contributed by atoms with van der Waals surface area (Å²) in [6.07, 6.45) is -0.217. The van der Waals surface area contributed by atoms with Crippen LogP contribution in [0.1, 0.15) is 12.8 Å². The first-order chi connectivity index (χ1) is 7.61. The maximum atomic E-state index is 11.3. The van der Waals surface area contributed by atoms with Gasteiger partial charge in [-0.05, 0) is 19.4 Å². The first-order valence-corrected chi connectivity index (χ1v) is 5.05. The van der Waals surface area contributed by atoms with Crippen LogP contribution in [0.25, 0.3) is 0 Å². The number of hydrogen-bond acceptors (Lipinski definition) is 5. The SMILES string of the molecule is COC(=O)[C@H](CO)N(C(=O)O)[C@H]1CCCN1. The van der Waals surface area contributed by atoms with Crippen LogP contribution in [0.4, 0.5) is 4.79 Å². The highest BCUT2D eigenvalue weighted by molar-refractivity contribution is 5.81. The Morgan fingerprint density at radius 3 is 2.69 bits per heavy atom. The number of aliphatic hydroxyl groups is 1. The molecular formula is C9H16N2O5. The van der Waals surface area contributed by atoms with Gasteiger partial charge < -0.3 is 14.9 Å². The van der Waals surface area contributed by atoms with Gasteiger partial charge in [0, 0.05) is 0 Å². The van der Waals surface area contributed by atoms with Crippen molar-refractivity contribution < 1.29 is 24.5 Å². The Hall–Kier alpha value is -1.34. The van der Waals surface area contributed by atoms with Gasteiger partial charge in [-0.2, -0.15) is 0 Å².